The number of carbonyl (C=O) groups is 1. The summed E-state index contributed by atoms with van der Waals surface area (Å²) in [6.07, 6.45) is 0.783. The summed E-state index contributed by atoms with van der Waals surface area (Å²) in [7, 11) is 0. The zero-order valence-electron chi connectivity index (χ0n) is 10.1. The molecule has 0 N–H and O–H groups in total. The number of aryl methyl sites for hydroxylation is 1. The second-order valence-electron chi connectivity index (χ2n) is 4.10. The minimum absolute atomic E-state index is 0.279. The van der Waals surface area contributed by atoms with Crippen molar-refractivity contribution >= 4 is 22.2 Å². The molecule has 0 amide bonds. The highest BCUT2D eigenvalue weighted by Gasteiger charge is 2.12. The van der Waals surface area contributed by atoms with E-state index in [0.29, 0.717) is 23.4 Å². The van der Waals surface area contributed by atoms with Gasteiger partial charge in [-0.1, -0.05) is 15.9 Å². The smallest absolute Gasteiger partial charge is 0.153 e. The Morgan fingerprint density at radius 2 is 2.17 bits per heavy atom. The van der Waals surface area contributed by atoms with E-state index in [1.165, 1.54) is 6.07 Å². The van der Waals surface area contributed by atoms with E-state index in [2.05, 4.69) is 21.0 Å². The Morgan fingerprint density at radius 1 is 1.44 bits per heavy atom. The number of nitrogens with zero attached hydrogens (tertiary/aromatic N) is 2. The van der Waals surface area contributed by atoms with Crippen LogP contribution in [0, 0.1) is 19.7 Å². The number of rotatable bonds is 3. The molecule has 0 unspecified atom stereocenters. The first-order valence-electron chi connectivity index (χ1n) is 5.46. The molecule has 0 radical (unpaired) electrons. The van der Waals surface area contributed by atoms with Crippen molar-refractivity contribution in [2.45, 2.75) is 20.4 Å². The third-order valence-corrected chi connectivity index (χ3v) is 3.38. The van der Waals surface area contributed by atoms with Crippen LogP contribution in [0.15, 0.2) is 22.7 Å². The predicted octanol–water partition coefficient (Wildman–Crippen LogP) is 3.26. The molecule has 0 aliphatic carbocycles. The summed E-state index contributed by atoms with van der Waals surface area (Å²) >= 11 is 3.31. The third kappa shape index (κ3) is 2.36. The molecule has 3 nitrogen and oxygen atoms in total. The molecule has 94 valence electrons. The van der Waals surface area contributed by atoms with E-state index in [-0.39, 0.29) is 5.82 Å². The molecule has 0 atom stereocenters. The first kappa shape index (κ1) is 13.0. The van der Waals surface area contributed by atoms with Crippen molar-refractivity contribution in [1.29, 1.82) is 0 Å². The number of halogens is 2. The Kier molecular flexibility index (Phi) is 3.61. The number of carbonyl (C=O) groups excluding carboxylic acids is 1. The minimum Gasteiger partial charge on any atom is -0.298 e. The fraction of sp³-hybridized carbons (Fsp3) is 0.231. The molecule has 0 aliphatic rings. The van der Waals surface area contributed by atoms with Crippen LogP contribution in [0.1, 0.15) is 27.3 Å². The summed E-state index contributed by atoms with van der Waals surface area (Å²) in [4.78, 5) is 10.9. The minimum atomic E-state index is -0.279. The highest BCUT2D eigenvalue weighted by Crippen LogP contribution is 2.18. The largest absolute Gasteiger partial charge is 0.298 e. The topological polar surface area (TPSA) is 34.9 Å². The maximum atomic E-state index is 13.6. The van der Waals surface area contributed by atoms with Crippen molar-refractivity contribution in [2.75, 3.05) is 0 Å². The van der Waals surface area contributed by atoms with Gasteiger partial charge in [0.2, 0.25) is 0 Å². The van der Waals surface area contributed by atoms with E-state index in [1.54, 1.807) is 30.7 Å². The SMILES string of the molecule is Cc1nn(Cc2cc(Br)ccc2F)c(C)c1C=O. The van der Waals surface area contributed by atoms with Gasteiger partial charge >= 0.3 is 0 Å². The van der Waals surface area contributed by atoms with Crippen molar-refractivity contribution in [2.24, 2.45) is 0 Å². The second-order valence-corrected chi connectivity index (χ2v) is 5.01. The summed E-state index contributed by atoms with van der Waals surface area (Å²) in [6, 6.07) is 4.77. The van der Waals surface area contributed by atoms with Gasteiger partial charge in [0.1, 0.15) is 5.82 Å². The van der Waals surface area contributed by atoms with Gasteiger partial charge in [0.05, 0.1) is 17.8 Å². The van der Waals surface area contributed by atoms with E-state index in [1.807, 2.05) is 0 Å². The lowest BCUT2D eigenvalue weighted by atomic mass is 10.2. The maximum absolute atomic E-state index is 13.6. The highest BCUT2D eigenvalue weighted by atomic mass is 79.9. The van der Waals surface area contributed by atoms with Gasteiger partial charge in [-0.15, -0.1) is 0 Å². The van der Waals surface area contributed by atoms with Gasteiger partial charge < -0.3 is 0 Å². The Labute approximate surface area is 113 Å². The van der Waals surface area contributed by atoms with Gasteiger partial charge in [0.25, 0.3) is 0 Å². The molecule has 5 heteroatoms. The zero-order chi connectivity index (χ0) is 13.3. The van der Waals surface area contributed by atoms with Crippen LogP contribution >= 0.6 is 15.9 Å². The normalized spacial score (nSPS) is 10.7. The highest BCUT2D eigenvalue weighted by molar-refractivity contribution is 9.10. The Bertz CT molecular complexity index is 607. The molecule has 0 aliphatic heterocycles. The Hall–Kier alpha value is -1.49. The van der Waals surface area contributed by atoms with Gasteiger partial charge in [-0.2, -0.15) is 5.10 Å². The maximum Gasteiger partial charge on any atom is 0.153 e. The zero-order valence-corrected chi connectivity index (χ0v) is 11.7. The van der Waals surface area contributed by atoms with Crippen LogP contribution in [0.4, 0.5) is 4.39 Å². The average Bonchev–Trinajstić information content (AvgIpc) is 2.59. The van der Waals surface area contributed by atoms with Crippen molar-refractivity contribution in [3.63, 3.8) is 0 Å². The van der Waals surface area contributed by atoms with Crippen LogP contribution in [-0.4, -0.2) is 16.1 Å². The van der Waals surface area contributed by atoms with Crippen molar-refractivity contribution < 1.29 is 9.18 Å². The molecular formula is C13H12BrFN2O. The lowest BCUT2D eigenvalue weighted by Crippen LogP contribution is -2.06. The van der Waals surface area contributed by atoms with Crippen LogP contribution in [0.2, 0.25) is 0 Å². The second kappa shape index (κ2) is 5.02. The fourth-order valence-corrected chi connectivity index (χ4v) is 2.27. The number of aromatic nitrogens is 2. The summed E-state index contributed by atoms with van der Waals surface area (Å²) in [6.45, 7) is 3.88. The van der Waals surface area contributed by atoms with Crippen LogP contribution in [0.3, 0.4) is 0 Å². The lowest BCUT2D eigenvalue weighted by Gasteiger charge is -2.06. The lowest BCUT2D eigenvalue weighted by molar-refractivity contribution is 0.112. The molecule has 0 saturated carbocycles. The summed E-state index contributed by atoms with van der Waals surface area (Å²) in [5, 5.41) is 4.25. The average molecular weight is 311 g/mol. The molecular weight excluding hydrogens is 299 g/mol. The van der Waals surface area contributed by atoms with E-state index in [4.69, 9.17) is 0 Å². The molecule has 18 heavy (non-hydrogen) atoms. The van der Waals surface area contributed by atoms with Crippen LogP contribution in [-0.2, 0) is 6.54 Å². The first-order chi connectivity index (χ1) is 8.52. The monoisotopic (exact) mass is 310 g/mol. The van der Waals surface area contributed by atoms with Gasteiger partial charge in [-0.25, -0.2) is 4.39 Å². The van der Waals surface area contributed by atoms with E-state index in [0.717, 1.165) is 16.5 Å². The van der Waals surface area contributed by atoms with Gasteiger partial charge in [0, 0.05) is 15.7 Å². The summed E-state index contributed by atoms with van der Waals surface area (Å²) in [5.74, 6) is -0.279. The Morgan fingerprint density at radius 3 is 2.78 bits per heavy atom. The predicted molar refractivity (Wildman–Crippen MR) is 70.3 cm³/mol. The molecule has 1 aromatic carbocycles. The summed E-state index contributed by atoms with van der Waals surface area (Å²) in [5.41, 5.74) is 2.53. The van der Waals surface area contributed by atoms with Crippen molar-refractivity contribution in [3.8, 4) is 0 Å². The van der Waals surface area contributed by atoms with Crippen LogP contribution in [0.5, 0.6) is 0 Å². The molecule has 2 aromatic rings. The fourth-order valence-electron chi connectivity index (χ4n) is 1.86. The van der Waals surface area contributed by atoms with Crippen molar-refractivity contribution in [3.05, 3.63) is 51.0 Å². The molecule has 0 fully saturated rings. The quantitative estimate of drug-likeness (QED) is 0.816. The molecule has 0 bridgehead atoms. The molecule has 0 saturated heterocycles. The van der Waals surface area contributed by atoms with Gasteiger partial charge in [-0.05, 0) is 32.0 Å². The molecule has 0 spiro atoms. The number of aldehydes is 1. The third-order valence-electron chi connectivity index (χ3n) is 2.88. The molecule has 1 heterocycles. The molecule has 2 rings (SSSR count). The number of hydrogen-bond acceptors (Lipinski definition) is 2. The standard InChI is InChI=1S/C13H12BrFN2O/c1-8-12(7-18)9(2)17(16-8)6-10-5-11(14)3-4-13(10)15/h3-5,7H,6H2,1-2H3. The van der Waals surface area contributed by atoms with E-state index >= 15 is 0 Å². The van der Waals surface area contributed by atoms with Gasteiger partial charge in [0.15, 0.2) is 6.29 Å². The number of benzene rings is 1. The van der Waals surface area contributed by atoms with Crippen LogP contribution < -0.4 is 0 Å². The number of hydrogen-bond donors (Lipinski definition) is 0. The van der Waals surface area contributed by atoms with E-state index in [9.17, 15) is 9.18 Å². The first-order valence-corrected chi connectivity index (χ1v) is 6.25. The van der Waals surface area contributed by atoms with Gasteiger partial charge in [-0.3, -0.25) is 9.48 Å². The van der Waals surface area contributed by atoms with Crippen molar-refractivity contribution in [1.82, 2.24) is 9.78 Å². The Balaban J connectivity index is 2.40. The van der Waals surface area contributed by atoms with Crippen LogP contribution in [0.25, 0.3) is 0 Å². The summed E-state index contributed by atoms with van der Waals surface area (Å²) < 4.78 is 16.1. The van der Waals surface area contributed by atoms with E-state index < -0.39 is 0 Å². The molecule has 1 aromatic heterocycles.